The van der Waals surface area contributed by atoms with Crippen LogP contribution in [0.3, 0.4) is 0 Å². The van der Waals surface area contributed by atoms with E-state index in [2.05, 4.69) is 33.9 Å². The second kappa shape index (κ2) is 6.25. The molecule has 1 amide bonds. The number of H-pyrrole nitrogens is 1. The highest BCUT2D eigenvalue weighted by Crippen LogP contribution is 2.31. The van der Waals surface area contributed by atoms with Crippen molar-refractivity contribution in [3.63, 3.8) is 0 Å². The molecule has 102 valence electrons. The van der Waals surface area contributed by atoms with Crippen molar-refractivity contribution < 1.29 is 4.79 Å². The number of aryl methyl sites for hydroxylation is 2. The Kier molecular flexibility index (Phi) is 4.66. The summed E-state index contributed by atoms with van der Waals surface area (Å²) < 4.78 is 0. The number of hydrogen-bond acceptors (Lipinski definition) is 4. The molecular formula is C13H17N3OS2. The number of aromatic amines is 1. The molecule has 1 atom stereocenters. The van der Waals surface area contributed by atoms with Gasteiger partial charge in [0.05, 0.1) is 22.8 Å². The maximum Gasteiger partial charge on any atom is 0.234 e. The molecule has 0 aliphatic heterocycles. The molecule has 0 saturated heterocycles. The molecule has 2 heterocycles. The average Bonchev–Trinajstić information content (AvgIpc) is 3.01. The van der Waals surface area contributed by atoms with Gasteiger partial charge >= 0.3 is 0 Å². The zero-order chi connectivity index (χ0) is 13.8. The smallest absolute Gasteiger partial charge is 0.234 e. The van der Waals surface area contributed by atoms with Gasteiger partial charge in [0.15, 0.2) is 0 Å². The lowest BCUT2D eigenvalue weighted by Crippen LogP contribution is -2.15. The number of carbonyl (C=O) groups excluding carboxylic acids is 1. The van der Waals surface area contributed by atoms with Crippen LogP contribution in [0.1, 0.15) is 28.4 Å². The molecule has 0 unspecified atom stereocenters. The van der Waals surface area contributed by atoms with Crippen molar-refractivity contribution in [2.75, 3.05) is 11.1 Å². The standard InChI is InChI=1S/C13H17N3OS2/c1-8-13(9(2)16-15-8)14-12(17)7-19-10(3)11-5-4-6-18-11/h4-6,10H,7H2,1-3H3,(H,14,17)(H,15,16)/t10-/m0/s1. The van der Waals surface area contributed by atoms with Crippen molar-refractivity contribution in [3.8, 4) is 0 Å². The number of nitrogens with zero attached hydrogens (tertiary/aromatic N) is 1. The molecule has 0 radical (unpaired) electrons. The summed E-state index contributed by atoms with van der Waals surface area (Å²) in [5.74, 6) is 0.462. The minimum atomic E-state index is 0.0148. The van der Waals surface area contributed by atoms with Crippen molar-refractivity contribution in [1.29, 1.82) is 0 Å². The Hall–Kier alpha value is -1.27. The summed E-state index contributed by atoms with van der Waals surface area (Å²) in [5, 5.41) is 12.2. The van der Waals surface area contributed by atoms with E-state index in [9.17, 15) is 4.79 Å². The lowest BCUT2D eigenvalue weighted by molar-refractivity contribution is -0.113. The van der Waals surface area contributed by atoms with Crippen molar-refractivity contribution in [2.45, 2.75) is 26.0 Å². The van der Waals surface area contributed by atoms with Crippen LogP contribution in [0, 0.1) is 13.8 Å². The number of carbonyl (C=O) groups is 1. The Labute approximate surface area is 121 Å². The van der Waals surface area contributed by atoms with E-state index in [1.165, 1.54) is 4.88 Å². The van der Waals surface area contributed by atoms with Crippen LogP contribution < -0.4 is 5.32 Å². The summed E-state index contributed by atoms with van der Waals surface area (Å²) in [6.45, 7) is 5.90. The highest BCUT2D eigenvalue weighted by Gasteiger charge is 2.13. The lowest BCUT2D eigenvalue weighted by Gasteiger charge is -2.09. The predicted octanol–water partition coefficient (Wildman–Crippen LogP) is 3.52. The number of hydrogen-bond donors (Lipinski definition) is 2. The minimum Gasteiger partial charge on any atom is -0.322 e. The van der Waals surface area contributed by atoms with Crippen LogP contribution >= 0.6 is 23.1 Å². The van der Waals surface area contributed by atoms with E-state index in [1.54, 1.807) is 23.1 Å². The van der Waals surface area contributed by atoms with Gasteiger partial charge in [0.2, 0.25) is 5.91 Å². The van der Waals surface area contributed by atoms with Crippen LogP contribution in [0.25, 0.3) is 0 Å². The quantitative estimate of drug-likeness (QED) is 0.887. The van der Waals surface area contributed by atoms with Gasteiger partial charge in [-0.2, -0.15) is 5.10 Å². The molecule has 2 N–H and O–H groups in total. The highest BCUT2D eigenvalue weighted by atomic mass is 32.2. The molecular weight excluding hydrogens is 278 g/mol. The third-order valence-electron chi connectivity index (χ3n) is 2.80. The van der Waals surface area contributed by atoms with E-state index in [0.717, 1.165) is 17.1 Å². The maximum absolute atomic E-state index is 11.9. The van der Waals surface area contributed by atoms with E-state index in [1.807, 2.05) is 19.9 Å². The molecule has 0 aliphatic carbocycles. The van der Waals surface area contributed by atoms with Crippen molar-refractivity contribution in [3.05, 3.63) is 33.8 Å². The lowest BCUT2D eigenvalue weighted by atomic mass is 10.3. The van der Waals surface area contributed by atoms with Crippen LogP contribution in [0.5, 0.6) is 0 Å². The van der Waals surface area contributed by atoms with Crippen LogP contribution in [-0.2, 0) is 4.79 Å². The van der Waals surface area contributed by atoms with Crippen LogP contribution in [0.15, 0.2) is 17.5 Å². The summed E-state index contributed by atoms with van der Waals surface area (Å²) in [6, 6.07) is 4.14. The Morgan fingerprint density at radius 3 is 2.95 bits per heavy atom. The number of thioether (sulfide) groups is 1. The number of thiophene rings is 1. The monoisotopic (exact) mass is 295 g/mol. The van der Waals surface area contributed by atoms with Gasteiger partial charge in [-0.1, -0.05) is 6.07 Å². The van der Waals surface area contributed by atoms with E-state index < -0.39 is 0 Å². The minimum absolute atomic E-state index is 0.0148. The highest BCUT2D eigenvalue weighted by molar-refractivity contribution is 8.00. The molecule has 6 heteroatoms. The summed E-state index contributed by atoms with van der Waals surface area (Å²) in [6.07, 6.45) is 0. The van der Waals surface area contributed by atoms with Crippen molar-refractivity contribution >= 4 is 34.7 Å². The molecule has 4 nitrogen and oxygen atoms in total. The fraction of sp³-hybridized carbons (Fsp3) is 0.385. The molecule has 19 heavy (non-hydrogen) atoms. The van der Waals surface area contributed by atoms with Crippen LogP contribution in [-0.4, -0.2) is 21.9 Å². The zero-order valence-electron chi connectivity index (χ0n) is 11.2. The third-order valence-corrected chi connectivity index (χ3v) is 5.19. The zero-order valence-corrected chi connectivity index (χ0v) is 12.8. The van der Waals surface area contributed by atoms with Gasteiger partial charge in [0.1, 0.15) is 0 Å². The van der Waals surface area contributed by atoms with Gasteiger partial charge in [0.25, 0.3) is 0 Å². The van der Waals surface area contributed by atoms with Crippen molar-refractivity contribution in [1.82, 2.24) is 10.2 Å². The molecule has 0 spiro atoms. The first-order valence-corrected chi connectivity index (χ1v) is 7.97. The van der Waals surface area contributed by atoms with Gasteiger partial charge in [-0.25, -0.2) is 0 Å². The Morgan fingerprint density at radius 2 is 2.37 bits per heavy atom. The van der Waals surface area contributed by atoms with Gasteiger partial charge in [-0.15, -0.1) is 23.1 Å². The number of amides is 1. The first-order valence-electron chi connectivity index (χ1n) is 6.04. The number of aromatic nitrogens is 2. The van der Waals surface area contributed by atoms with E-state index in [-0.39, 0.29) is 5.91 Å². The fourth-order valence-corrected chi connectivity index (χ4v) is 3.47. The summed E-state index contributed by atoms with van der Waals surface area (Å²) in [7, 11) is 0. The molecule has 2 rings (SSSR count). The van der Waals surface area contributed by atoms with E-state index >= 15 is 0 Å². The second-order valence-corrected chi connectivity index (χ2v) is 6.63. The van der Waals surface area contributed by atoms with E-state index in [4.69, 9.17) is 0 Å². The Balaban J connectivity index is 1.85. The fourth-order valence-electron chi connectivity index (χ4n) is 1.72. The SMILES string of the molecule is Cc1n[nH]c(C)c1NC(=O)CS[C@@H](C)c1cccs1. The van der Waals surface area contributed by atoms with Gasteiger partial charge < -0.3 is 5.32 Å². The predicted molar refractivity (Wildman–Crippen MR) is 81.9 cm³/mol. The number of nitrogens with one attached hydrogen (secondary N) is 2. The topological polar surface area (TPSA) is 57.8 Å². The van der Waals surface area contributed by atoms with Gasteiger partial charge in [-0.05, 0) is 32.2 Å². The summed E-state index contributed by atoms with van der Waals surface area (Å²) in [5.41, 5.74) is 2.51. The maximum atomic E-state index is 11.9. The van der Waals surface area contributed by atoms with E-state index in [0.29, 0.717) is 11.0 Å². The largest absolute Gasteiger partial charge is 0.322 e. The molecule has 0 saturated carbocycles. The molecule has 0 bridgehead atoms. The van der Waals surface area contributed by atoms with Gasteiger partial charge in [-0.3, -0.25) is 9.89 Å². The normalized spacial score (nSPS) is 12.4. The Bertz CT molecular complexity index is 529. The van der Waals surface area contributed by atoms with Crippen molar-refractivity contribution in [2.24, 2.45) is 0 Å². The molecule has 2 aromatic heterocycles. The van der Waals surface area contributed by atoms with Crippen LogP contribution in [0.2, 0.25) is 0 Å². The number of anilines is 1. The Morgan fingerprint density at radius 1 is 1.58 bits per heavy atom. The van der Waals surface area contributed by atoms with Crippen LogP contribution in [0.4, 0.5) is 5.69 Å². The summed E-state index contributed by atoms with van der Waals surface area (Å²) >= 11 is 3.37. The second-order valence-electron chi connectivity index (χ2n) is 4.33. The first kappa shape index (κ1) is 14.1. The first-order chi connectivity index (χ1) is 9.08. The molecule has 2 aromatic rings. The molecule has 0 aromatic carbocycles. The van der Waals surface area contributed by atoms with Gasteiger partial charge in [0, 0.05) is 10.1 Å². The summed E-state index contributed by atoms with van der Waals surface area (Å²) in [4.78, 5) is 13.2. The average molecular weight is 295 g/mol. The molecule has 0 fully saturated rings. The third kappa shape index (κ3) is 3.61. The number of rotatable bonds is 5. The molecule has 0 aliphatic rings.